The molecule has 2 aromatic rings. The Labute approximate surface area is 169 Å². The lowest BCUT2D eigenvalue weighted by Gasteiger charge is -2.26. The van der Waals surface area contributed by atoms with Crippen LogP contribution in [0.3, 0.4) is 0 Å². The van der Waals surface area contributed by atoms with Crippen LogP contribution in [0.25, 0.3) is 10.9 Å². The summed E-state index contributed by atoms with van der Waals surface area (Å²) < 4.78 is 42.0. The lowest BCUT2D eigenvalue weighted by Crippen LogP contribution is -2.31. The summed E-state index contributed by atoms with van der Waals surface area (Å²) >= 11 is 1.29. The van der Waals surface area contributed by atoms with Gasteiger partial charge in [0.25, 0.3) is 5.56 Å². The third-order valence-corrected chi connectivity index (χ3v) is 5.64. The Morgan fingerprint density at radius 1 is 1.24 bits per heavy atom. The van der Waals surface area contributed by atoms with Crippen molar-refractivity contribution in [2.75, 3.05) is 18.9 Å². The minimum atomic E-state index is -4.56. The van der Waals surface area contributed by atoms with E-state index in [0.29, 0.717) is 21.8 Å². The number of amides is 1. The van der Waals surface area contributed by atoms with Gasteiger partial charge in [-0.2, -0.15) is 13.2 Å². The Kier molecular flexibility index (Phi) is 7.05. The van der Waals surface area contributed by atoms with Gasteiger partial charge >= 0.3 is 12.3 Å². The smallest absolute Gasteiger partial charge is 0.422 e. The first-order valence-electron chi connectivity index (χ1n) is 9.46. The van der Waals surface area contributed by atoms with E-state index >= 15 is 0 Å². The van der Waals surface area contributed by atoms with Crippen LogP contribution in [0.2, 0.25) is 0 Å². The first-order chi connectivity index (χ1) is 13.8. The van der Waals surface area contributed by atoms with Crippen molar-refractivity contribution >= 4 is 28.8 Å². The number of thioether (sulfide) groups is 1. The van der Waals surface area contributed by atoms with Crippen molar-refractivity contribution in [3.8, 4) is 0 Å². The molecule has 1 heterocycles. The average molecular weight is 429 g/mol. The molecule has 10 heteroatoms. The summed E-state index contributed by atoms with van der Waals surface area (Å²) in [6.45, 7) is -1.53. The zero-order valence-electron chi connectivity index (χ0n) is 15.7. The molecule has 1 aromatic heterocycles. The number of hydrogen-bond acceptors (Lipinski definition) is 5. The first-order valence-corrected chi connectivity index (χ1v) is 10.4. The second kappa shape index (κ2) is 9.51. The van der Waals surface area contributed by atoms with Crippen molar-refractivity contribution in [1.29, 1.82) is 0 Å². The Hall–Kier alpha value is -2.23. The SMILES string of the molecule is O=C(NCCSc1nc2ccccc2c(=O)n1C1CCCCC1)OCC(F)(F)F. The number of aromatic nitrogens is 2. The van der Waals surface area contributed by atoms with Crippen molar-refractivity contribution in [1.82, 2.24) is 14.9 Å². The quantitative estimate of drug-likeness (QED) is 0.422. The largest absolute Gasteiger partial charge is 0.440 e. The molecule has 158 valence electrons. The van der Waals surface area contributed by atoms with Crippen molar-refractivity contribution in [2.45, 2.75) is 49.5 Å². The van der Waals surface area contributed by atoms with Gasteiger partial charge in [-0.05, 0) is 25.0 Å². The molecule has 0 bridgehead atoms. The number of hydrogen-bond donors (Lipinski definition) is 1. The lowest BCUT2D eigenvalue weighted by atomic mass is 9.95. The molecule has 29 heavy (non-hydrogen) atoms. The van der Waals surface area contributed by atoms with E-state index in [2.05, 4.69) is 15.0 Å². The van der Waals surface area contributed by atoms with Crippen molar-refractivity contribution in [2.24, 2.45) is 0 Å². The highest BCUT2D eigenvalue weighted by molar-refractivity contribution is 7.99. The number of nitrogens with one attached hydrogen (secondary N) is 1. The van der Waals surface area contributed by atoms with Gasteiger partial charge in [0.2, 0.25) is 0 Å². The van der Waals surface area contributed by atoms with Gasteiger partial charge in [0.15, 0.2) is 11.8 Å². The van der Waals surface area contributed by atoms with Crippen LogP contribution in [0.1, 0.15) is 38.1 Å². The second-order valence-electron chi connectivity index (χ2n) is 6.85. The van der Waals surface area contributed by atoms with E-state index in [-0.39, 0.29) is 18.1 Å². The van der Waals surface area contributed by atoms with Crippen LogP contribution < -0.4 is 10.9 Å². The third kappa shape index (κ3) is 5.88. The van der Waals surface area contributed by atoms with Crippen LogP contribution in [0.4, 0.5) is 18.0 Å². The predicted octanol–water partition coefficient (Wildman–Crippen LogP) is 4.28. The van der Waals surface area contributed by atoms with Gasteiger partial charge in [-0.3, -0.25) is 9.36 Å². The molecule has 3 rings (SSSR count). The van der Waals surface area contributed by atoms with Gasteiger partial charge in [-0.15, -0.1) is 0 Å². The Morgan fingerprint density at radius 2 is 1.97 bits per heavy atom. The fraction of sp³-hybridized carbons (Fsp3) is 0.526. The number of rotatable bonds is 6. The molecular weight excluding hydrogens is 407 g/mol. The van der Waals surface area contributed by atoms with Crippen LogP contribution in [0.5, 0.6) is 0 Å². The molecule has 0 aliphatic heterocycles. The van der Waals surface area contributed by atoms with Crippen molar-refractivity contribution in [3.05, 3.63) is 34.6 Å². The third-order valence-electron chi connectivity index (χ3n) is 4.68. The van der Waals surface area contributed by atoms with E-state index in [1.54, 1.807) is 22.8 Å². The fourth-order valence-corrected chi connectivity index (χ4v) is 4.30. The highest BCUT2D eigenvalue weighted by Crippen LogP contribution is 2.30. The maximum absolute atomic E-state index is 13.1. The molecule has 0 atom stereocenters. The van der Waals surface area contributed by atoms with Crippen LogP contribution in [-0.2, 0) is 4.74 Å². The summed E-state index contributed by atoms with van der Waals surface area (Å²) in [6.07, 6.45) is -0.596. The van der Waals surface area contributed by atoms with Crippen molar-refractivity contribution in [3.63, 3.8) is 0 Å². The maximum Gasteiger partial charge on any atom is 0.422 e. The van der Waals surface area contributed by atoms with Gasteiger partial charge in [0.05, 0.1) is 10.9 Å². The number of halogens is 3. The number of fused-ring (bicyclic) bond motifs is 1. The summed E-state index contributed by atoms with van der Waals surface area (Å²) in [4.78, 5) is 29.0. The van der Waals surface area contributed by atoms with Gasteiger partial charge in [-0.25, -0.2) is 9.78 Å². The topological polar surface area (TPSA) is 73.2 Å². The highest BCUT2D eigenvalue weighted by atomic mass is 32.2. The van der Waals surface area contributed by atoms with Gasteiger partial charge in [0, 0.05) is 18.3 Å². The summed E-state index contributed by atoms with van der Waals surface area (Å²) in [5, 5.41) is 3.41. The van der Waals surface area contributed by atoms with Gasteiger partial charge in [0.1, 0.15) is 0 Å². The molecule has 1 aliphatic rings. The van der Waals surface area contributed by atoms with E-state index < -0.39 is 18.9 Å². The number of nitrogens with zero attached hydrogens (tertiary/aromatic N) is 2. The Bertz CT molecular complexity index is 911. The molecule has 1 saturated carbocycles. The van der Waals surface area contributed by atoms with E-state index in [0.717, 1.165) is 32.1 Å². The molecule has 0 unspecified atom stereocenters. The zero-order valence-corrected chi connectivity index (χ0v) is 16.5. The number of carbonyl (C=O) groups is 1. The lowest BCUT2D eigenvalue weighted by molar-refractivity contribution is -0.160. The van der Waals surface area contributed by atoms with Crippen LogP contribution in [0.15, 0.2) is 34.2 Å². The van der Waals surface area contributed by atoms with Crippen molar-refractivity contribution < 1.29 is 22.7 Å². The number of benzene rings is 1. The van der Waals surface area contributed by atoms with E-state index in [4.69, 9.17) is 0 Å². The number of carbonyl (C=O) groups excluding carboxylic acids is 1. The predicted molar refractivity (Wildman–Crippen MR) is 104 cm³/mol. The first kappa shape index (κ1) is 21.5. The average Bonchev–Trinajstić information content (AvgIpc) is 2.70. The normalized spacial score (nSPS) is 15.4. The molecule has 0 saturated heterocycles. The summed E-state index contributed by atoms with van der Waals surface area (Å²) in [5.41, 5.74) is 0.521. The van der Waals surface area contributed by atoms with Crippen LogP contribution in [-0.4, -0.2) is 40.7 Å². The highest BCUT2D eigenvalue weighted by Gasteiger charge is 2.29. The van der Waals surface area contributed by atoms with Gasteiger partial charge < -0.3 is 10.1 Å². The zero-order chi connectivity index (χ0) is 20.9. The standard InChI is InChI=1S/C19H22F3N3O3S/c20-19(21,22)12-28-18(27)23-10-11-29-17-24-15-9-5-4-8-14(15)16(26)25(17)13-6-2-1-3-7-13/h4-5,8-9,13H,1-3,6-7,10-12H2,(H,23,27). The monoisotopic (exact) mass is 429 g/mol. The Morgan fingerprint density at radius 3 is 2.69 bits per heavy atom. The Balaban J connectivity index is 1.69. The molecule has 0 radical (unpaired) electrons. The molecule has 0 spiro atoms. The summed E-state index contributed by atoms with van der Waals surface area (Å²) in [6, 6.07) is 7.24. The molecule has 6 nitrogen and oxygen atoms in total. The number of para-hydroxylation sites is 1. The molecule has 1 fully saturated rings. The van der Waals surface area contributed by atoms with Gasteiger partial charge in [-0.1, -0.05) is 43.2 Å². The molecule has 1 amide bonds. The number of alkyl carbamates (subject to hydrolysis) is 1. The summed E-state index contributed by atoms with van der Waals surface area (Å²) in [7, 11) is 0. The summed E-state index contributed by atoms with van der Waals surface area (Å²) in [5.74, 6) is 0.346. The molecular formula is C19H22F3N3O3S. The van der Waals surface area contributed by atoms with Crippen LogP contribution >= 0.6 is 11.8 Å². The number of alkyl halides is 3. The van der Waals surface area contributed by atoms with Crippen LogP contribution in [0, 0.1) is 0 Å². The minimum Gasteiger partial charge on any atom is -0.440 e. The maximum atomic E-state index is 13.1. The van der Waals surface area contributed by atoms with E-state index in [1.807, 2.05) is 6.07 Å². The van der Waals surface area contributed by atoms with E-state index in [1.165, 1.54) is 11.8 Å². The minimum absolute atomic E-state index is 0.0810. The molecule has 1 N–H and O–H groups in total. The molecule has 1 aromatic carbocycles. The fourth-order valence-electron chi connectivity index (χ4n) is 3.38. The molecule has 1 aliphatic carbocycles. The second-order valence-corrected chi connectivity index (χ2v) is 7.91. The van der Waals surface area contributed by atoms with E-state index in [9.17, 15) is 22.8 Å². The number of ether oxygens (including phenoxy) is 1.